The highest BCUT2D eigenvalue weighted by Crippen LogP contribution is 2.25. The fourth-order valence-corrected chi connectivity index (χ4v) is 1.66. The van der Waals surface area contributed by atoms with E-state index in [-0.39, 0.29) is 11.5 Å². The van der Waals surface area contributed by atoms with Gasteiger partial charge >= 0.3 is 0 Å². The van der Waals surface area contributed by atoms with E-state index in [1.54, 1.807) is 18.2 Å². The van der Waals surface area contributed by atoms with Gasteiger partial charge < -0.3 is 5.32 Å². The molecule has 1 rings (SSSR count). The van der Waals surface area contributed by atoms with Gasteiger partial charge in [-0.15, -0.1) is 11.6 Å². The number of carbonyl (C=O) groups is 2. The van der Waals surface area contributed by atoms with E-state index in [4.69, 9.17) is 40.1 Å². The number of nitrogens with one attached hydrogen (secondary N) is 2. The van der Waals surface area contributed by atoms with Gasteiger partial charge in [0.1, 0.15) is 17.5 Å². The quantitative estimate of drug-likeness (QED) is 0.504. The van der Waals surface area contributed by atoms with Crippen LogP contribution >= 0.6 is 34.8 Å². The number of imide groups is 1. The molecule has 20 heavy (non-hydrogen) atoms. The second kappa shape index (κ2) is 7.75. The van der Waals surface area contributed by atoms with Crippen molar-refractivity contribution >= 4 is 52.3 Å². The summed E-state index contributed by atoms with van der Waals surface area (Å²) in [6, 6.07) is 6.33. The number of anilines is 1. The van der Waals surface area contributed by atoms with E-state index in [9.17, 15) is 9.59 Å². The van der Waals surface area contributed by atoms with Crippen molar-refractivity contribution in [1.29, 1.82) is 5.26 Å². The van der Waals surface area contributed by atoms with Crippen LogP contribution in [0.4, 0.5) is 5.69 Å². The Morgan fingerprint density at radius 2 is 2.05 bits per heavy atom. The minimum atomic E-state index is -0.851. The number of benzene rings is 1. The Morgan fingerprint density at radius 1 is 1.35 bits per heavy atom. The summed E-state index contributed by atoms with van der Waals surface area (Å²) >= 11 is 16.9. The minimum absolute atomic E-state index is 0.297. The number of halogens is 3. The maximum Gasteiger partial charge on any atom is 0.270 e. The predicted molar refractivity (Wildman–Crippen MR) is 77.7 cm³/mol. The molecule has 0 aliphatic heterocycles. The summed E-state index contributed by atoms with van der Waals surface area (Å²) in [5.74, 6) is -1.92. The van der Waals surface area contributed by atoms with Crippen molar-refractivity contribution in [2.45, 2.75) is 0 Å². The number of carbonyl (C=O) groups excluding carboxylic acids is 2. The van der Waals surface area contributed by atoms with Gasteiger partial charge in [0.05, 0.1) is 10.7 Å². The highest BCUT2D eigenvalue weighted by atomic mass is 35.5. The zero-order valence-corrected chi connectivity index (χ0v) is 12.2. The highest BCUT2D eigenvalue weighted by molar-refractivity contribution is 6.36. The molecule has 0 fully saturated rings. The van der Waals surface area contributed by atoms with Gasteiger partial charge in [-0.25, -0.2) is 0 Å². The third-order valence-electron chi connectivity index (χ3n) is 2.04. The van der Waals surface area contributed by atoms with Crippen LogP contribution in [0.25, 0.3) is 0 Å². The third-order valence-corrected chi connectivity index (χ3v) is 2.83. The average molecular weight is 333 g/mol. The van der Waals surface area contributed by atoms with Crippen LogP contribution in [0.3, 0.4) is 0 Å². The van der Waals surface area contributed by atoms with E-state index >= 15 is 0 Å². The molecular formula is C12H8Cl3N3O2. The van der Waals surface area contributed by atoms with Crippen LogP contribution in [0.1, 0.15) is 0 Å². The van der Waals surface area contributed by atoms with Crippen LogP contribution in [0.5, 0.6) is 0 Å². The van der Waals surface area contributed by atoms with Crippen LogP contribution in [0, 0.1) is 11.3 Å². The lowest BCUT2D eigenvalue weighted by atomic mass is 10.2. The van der Waals surface area contributed by atoms with Crippen molar-refractivity contribution in [1.82, 2.24) is 5.32 Å². The Bertz CT molecular complexity index is 608. The summed E-state index contributed by atoms with van der Waals surface area (Å²) < 4.78 is 0. The largest absolute Gasteiger partial charge is 0.359 e. The number of hydrogen-bond donors (Lipinski definition) is 2. The highest BCUT2D eigenvalue weighted by Gasteiger charge is 2.12. The molecule has 0 saturated carbocycles. The summed E-state index contributed by atoms with van der Waals surface area (Å²) in [7, 11) is 0. The summed E-state index contributed by atoms with van der Waals surface area (Å²) in [5.41, 5.74) is 0.162. The van der Waals surface area contributed by atoms with Gasteiger partial charge in [0.15, 0.2) is 0 Å². The van der Waals surface area contributed by atoms with E-state index in [1.807, 2.05) is 5.32 Å². The molecule has 0 radical (unpaired) electrons. The zero-order chi connectivity index (χ0) is 15.1. The van der Waals surface area contributed by atoms with Crippen LogP contribution in [0.2, 0.25) is 10.0 Å². The normalized spacial score (nSPS) is 10.6. The lowest BCUT2D eigenvalue weighted by molar-refractivity contribution is -0.126. The first-order valence-electron chi connectivity index (χ1n) is 5.20. The van der Waals surface area contributed by atoms with Gasteiger partial charge in [-0.3, -0.25) is 14.9 Å². The molecule has 2 N–H and O–H groups in total. The predicted octanol–water partition coefficient (Wildman–Crippen LogP) is 2.69. The van der Waals surface area contributed by atoms with Gasteiger partial charge in [-0.1, -0.05) is 23.2 Å². The van der Waals surface area contributed by atoms with Gasteiger partial charge in [-0.2, -0.15) is 5.26 Å². The van der Waals surface area contributed by atoms with Gasteiger partial charge in [0.25, 0.3) is 5.91 Å². The number of alkyl halides is 1. The molecule has 0 aromatic heterocycles. The molecule has 0 unspecified atom stereocenters. The SMILES string of the molecule is N#C/C(=C/Nc1ccc(Cl)cc1Cl)C(=O)NC(=O)CCl. The monoisotopic (exact) mass is 331 g/mol. The van der Waals surface area contributed by atoms with Gasteiger partial charge in [-0.05, 0) is 18.2 Å². The first kappa shape index (κ1) is 16.3. The number of nitrogens with zero attached hydrogens (tertiary/aromatic N) is 1. The number of rotatable bonds is 4. The fourth-order valence-electron chi connectivity index (χ4n) is 1.13. The van der Waals surface area contributed by atoms with Crippen LogP contribution in [-0.4, -0.2) is 17.7 Å². The van der Waals surface area contributed by atoms with Crippen LogP contribution in [0.15, 0.2) is 30.0 Å². The zero-order valence-electron chi connectivity index (χ0n) is 9.91. The van der Waals surface area contributed by atoms with Crippen molar-refractivity contribution in [3.05, 3.63) is 40.0 Å². The molecule has 5 nitrogen and oxygen atoms in total. The first-order valence-corrected chi connectivity index (χ1v) is 6.49. The second-order valence-corrected chi connectivity index (χ2v) is 4.56. The number of nitriles is 1. The number of hydrogen-bond acceptors (Lipinski definition) is 4. The van der Waals surface area contributed by atoms with E-state index in [1.165, 1.54) is 6.07 Å². The Labute approximate surface area is 130 Å². The molecular weight excluding hydrogens is 325 g/mol. The van der Waals surface area contributed by atoms with Crippen molar-refractivity contribution < 1.29 is 9.59 Å². The second-order valence-electron chi connectivity index (χ2n) is 3.45. The molecule has 0 spiro atoms. The summed E-state index contributed by atoms with van der Waals surface area (Å²) in [4.78, 5) is 22.5. The Kier molecular flexibility index (Phi) is 6.32. The lowest BCUT2D eigenvalue weighted by Gasteiger charge is -2.05. The maximum absolute atomic E-state index is 11.5. The fraction of sp³-hybridized carbons (Fsp3) is 0.0833. The molecule has 0 bridgehead atoms. The standard InChI is InChI=1S/C12H8Cl3N3O2/c13-4-11(19)18-12(20)7(5-16)6-17-10-2-1-8(14)3-9(10)15/h1-3,6,17H,4H2,(H,18,19,20)/b7-6-. The van der Waals surface area contributed by atoms with Crippen molar-refractivity contribution in [3.63, 3.8) is 0 Å². The molecule has 0 aliphatic rings. The van der Waals surface area contributed by atoms with Crippen LogP contribution in [-0.2, 0) is 9.59 Å². The Morgan fingerprint density at radius 3 is 2.60 bits per heavy atom. The van der Waals surface area contributed by atoms with E-state index in [0.717, 1.165) is 6.20 Å². The van der Waals surface area contributed by atoms with Gasteiger partial charge in [0, 0.05) is 11.2 Å². The topological polar surface area (TPSA) is 82.0 Å². The third kappa shape index (κ3) is 4.74. The van der Waals surface area contributed by atoms with Crippen molar-refractivity contribution in [2.75, 3.05) is 11.2 Å². The van der Waals surface area contributed by atoms with Crippen molar-refractivity contribution in [3.8, 4) is 6.07 Å². The lowest BCUT2D eigenvalue weighted by Crippen LogP contribution is -2.32. The molecule has 1 aromatic carbocycles. The van der Waals surface area contributed by atoms with E-state index in [2.05, 4.69) is 5.32 Å². The molecule has 8 heteroatoms. The van der Waals surface area contributed by atoms with Crippen molar-refractivity contribution in [2.24, 2.45) is 0 Å². The first-order chi connectivity index (χ1) is 9.47. The molecule has 0 saturated heterocycles. The summed E-state index contributed by atoms with van der Waals surface area (Å²) in [6.07, 6.45) is 1.13. The minimum Gasteiger partial charge on any atom is -0.359 e. The van der Waals surface area contributed by atoms with E-state index < -0.39 is 11.8 Å². The Balaban J connectivity index is 2.83. The van der Waals surface area contributed by atoms with Crippen LogP contribution < -0.4 is 10.6 Å². The molecule has 2 amide bonds. The molecule has 104 valence electrons. The summed E-state index contributed by atoms with van der Waals surface area (Å²) in [5, 5.41) is 14.3. The maximum atomic E-state index is 11.5. The molecule has 0 aliphatic carbocycles. The molecule has 1 aromatic rings. The molecule has 0 atom stereocenters. The summed E-state index contributed by atoms with van der Waals surface area (Å²) in [6.45, 7) is 0. The average Bonchev–Trinajstić information content (AvgIpc) is 2.41. The van der Waals surface area contributed by atoms with E-state index in [0.29, 0.717) is 15.7 Å². The smallest absolute Gasteiger partial charge is 0.270 e. The molecule has 0 heterocycles. The van der Waals surface area contributed by atoms with Gasteiger partial charge in [0.2, 0.25) is 5.91 Å². The Hall–Kier alpha value is -1.74. The number of amides is 2.